The Hall–Kier alpha value is -1.89. The molecule has 1 aromatic heterocycles. The van der Waals surface area contributed by atoms with Gasteiger partial charge in [0.25, 0.3) is 0 Å². The molecule has 7 heteroatoms. The molecular formula is C13H14FN3O2S. The number of carboxylic acids is 1. The summed E-state index contributed by atoms with van der Waals surface area (Å²) in [7, 11) is 0. The second kappa shape index (κ2) is 6.04. The molecular weight excluding hydrogens is 281 g/mol. The Balaban J connectivity index is 2.42. The minimum atomic E-state index is -0.927. The number of hydrogen-bond acceptors (Lipinski definition) is 4. The molecule has 0 saturated heterocycles. The van der Waals surface area contributed by atoms with Crippen LogP contribution >= 0.6 is 11.8 Å². The molecule has 0 bridgehead atoms. The van der Waals surface area contributed by atoms with E-state index in [0.29, 0.717) is 23.1 Å². The summed E-state index contributed by atoms with van der Waals surface area (Å²) in [4.78, 5) is 10.6. The molecule has 0 aliphatic carbocycles. The van der Waals surface area contributed by atoms with Crippen molar-refractivity contribution in [1.29, 1.82) is 0 Å². The van der Waals surface area contributed by atoms with Gasteiger partial charge in [-0.1, -0.05) is 23.4 Å². The van der Waals surface area contributed by atoms with Crippen molar-refractivity contribution in [1.82, 2.24) is 14.8 Å². The van der Waals surface area contributed by atoms with Crippen LogP contribution in [-0.2, 0) is 11.3 Å². The number of thioether (sulfide) groups is 1. The van der Waals surface area contributed by atoms with E-state index in [2.05, 4.69) is 10.2 Å². The normalized spacial score (nSPS) is 10.8. The van der Waals surface area contributed by atoms with Crippen LogP contribution in [0, 0.1) is 12.7 Å². The molecule has 2 rings (SSSR count). The number of aryl methyl sites for hydroxylation is 1. The minimum absolute atomic E-state index is 0.103. The molecule has 0 amide bonds. The van der Waals surface area contributed by atoms with E-state index in [0.717, 1.165) is 17.3 Å². The smallest absolute Gasteiger partial charge is 0.313 e. The molecule has 0 saturated carbocycles. The number of rotatable bonds is 5. The number of halogens is 1. The number of hydrogen-bond donors (Lipinski definition) is 1. The van der Waals surface area contributed by atoms with Crippen LogP contribution in [0.3, 0.4) is 0 Å². The van der Waals surface area contributed by atoms with Crippen LogP contribution in [0.25, 0.3) is 11.4 Å². The first kappa shape index (κ1) is 14.5. The molecule has 0 unspecified atom stereocenters. The summed E-state index contributed by atoms with van der Waals surface area (Å²) in [5.74, 6) is -0.980. The van der Waals surface area contributed by atoms with E-state index in [1.807, 2.05) is 13.8 Å². The van der Waals surface area contributed by atoms with Gasteiger partial charge < -0.3 is 9.67 Å². The van der Waals surface area contributed by atoms with Gasteiger partial charge >= 0.3 is 5.97 Å². The largest absolute Gasteiger partial charge is 0.481 e. The summed E-state index contributed by atoms with van der Waals surface area (Å²) in [6.45, 7) is 4.29. The summed E-state index contributed by atoms with van der Waals surface area (Å²) in [6, 6.07) is 4.78. The second-order valence-corrected chi connectivity index (χ2v) is 5.16. The lowest BCUT2D eigenvalue weighted by Crippen LogP contribution is -2.04. The monoisotopic (exact) mass is 295 g/mol. The van der Waals surface area contributed by atoms with Gasteiger partial charge in [0.2, 0.25) is 0 Å². The average molecular weight is 295 g/mol. The molecule has 1 aromatic carbocycles. The Morgan fingerprint density at radius 1 is 1.45 bits per heavy atom. The molecule has 2 aromatic rings. The maximum atomic E-state index is 13.9. The third-order valence-electron chi connectivity index (χ3n) is 2.72. The van der Waals surface area contributed by atoms with Gasteiger partial charge in [-0.05, 0) is 26.0 Å². The van der Waals surface area contributed by atoms with Crippen molar-refractivity contribution in [2.75, 3.05) is 5.75 Å². The number of aromatic nitrogens is 3. The molecule has 106 valence electrons. The predicted molar refractivity (Wildman–Crippen MR) is 74.2 cm³/mol. The molecule has 20 heavy (non-hydrogen) atoms. The van der Waals surface area contributed by atoms with E-state index in [-0.39, 0.29) is 11.6 Å². The van der Waals surface area contributed by atoms with Gasteiger partial charge in [0.15, 0.2) is 11.0 Å². The van der Waals surface area contributed by atoms with E-state index < -0.39 is 5.97 Å². The zero-order valence-corrected chi connectivity index (χ0v) is 11.9. The zero-order valence-electron chi connectivity index (χ0n) is 11.1. The Labute approximate surface area is 119 Å². The zero-order chi connectivity index (χ0) is 14.7. The van der Waals surface area contributed by atoms with Gasteiger partial charge in [-0.2, -0.15) is 0 Å². The number of aliphatic carboxylic acids is 1. The Kier molecular flexibility index (Phi) is 4.39. The molecule has 1 N–H and O–H groups in total. The van der Waals surface area contributed by atoms with E-state index in [1.54, 1.807) is 16.7 Å². The molecule has 0 atom stereocenters. The minimum Gasteiger partial charge on any atom is -0.481 e. The topological polar surface area (TPSA) is 68.0 Å². The van der Waals surface area contributed by atoms with Gasteiger partial charge in [0, 0.05) is 6.54 Å². The lowest BCUT2D eigenvalue weighted by molar-refractivity contribution is -0.133. The van der Waals surface area contributed by atoms with Gasteiger partial charge in [0.05, 0.1) is 11.3 Å². The fourth-order valence-corrected chi connectivity index (χ4v) is 2.54. The highest BCUT2D eigenvalue weighted by atomic mass is 32.2. The summed E-state index contributed by atoms with van der Waals surface area (Å²) >= 11 is 1.07. The maximum Gasteiger partial charge on any atom is 0.313 e. The van der Waals surface area contributed by atoms with E-state index in [1.165, 1.54) is 6.07 Å². The average Bonchev–Trinajstić information content (AvgIpc) is 2.81. The highest BCUT2D eigenvalue weighted by molar-refractivity contribution is 7.99. The SMILES string of the molecule is CCn1c(SCC(=O)O)nnc1-c1cc(C)ccc1F. The third kappa shape index (κ3) is 2.98. The van der Waals surface area contributed by atoms with Crippen LogP contribution in [-0.4, -0.2) is 31.6 Å². The molecule has 0 aliphatic heterocycles. The first-order valence-corrected chi connectivity index (χ1v) is 7.05. The van der Waals surface area contributed by atoms with Gasteiger partial charge in [-0.25, -0.2) is 4.39 Å². The Morgan fingerprint density at radius 3 is 2.85 bits per heavy atom. The van der Waals surface area contributed by atoms with Gasteiger partial charge in [0.1, 0.15) is 5.82 Å². The predicted octanol–water partition coefficient (Wildman–Crippen LogP) is 2.59. The molecule has 0 spiro atoms. The summed E-state index contributed by atoms with van der Waals surface area (Å²) in [6.07, 6.45) is 0. The second-order valence-electron chi connectivity index (χ2n) is 4.22. The highest BCUT2D eigenvalue weighted by Crippen LogP contribution is 2.26. The fraction of sp³-hybridized carbons (Fsp3) is 0.308. The molecule has 1 heterocycles. The molecule has 0 aliphatic rings. The van der Waals surface area contributed by atoms with Gasteiger partial charge in [-0.3, -0.25) is 4.79 Å². The van der Waals surface area contributed by atoms with Crippen molar-refractivity contribution in [3.05, 3.63) is 29.6 Å². The van der Waals surface area contributed by atoms with Crippen molar-refractivity contribution in [2.24, 2.45) is 0 Å². The van der Waals surface area contributed by atoms with Crippen LogP contribution in [0.1, 0.15) is 12.5 Å². The van der Waals surface area contributed by atoms with Crippen molar-refractivity contribution < 1.29 is 14.3 Å². The van der Waals surface area contributed by atoms with Crippen LogP contribution in [0.2, 0.25) is 0 Å². The number of carboxylic acid groups (broad SMARTS) is 1. The standard InChI is InChI=1S/C13H14FN3O2S/c1-3-17-12(9-6-8(2)4-5-10(9)14)15-16-13(17)20-7-11(18)19/h4-6H,3,7H2,1-2H3,(H,18,19). The fourth-order valence-electron chi connectivity index (χ4n) is 1.82. The molecule has 0 fully saturated rings. The van der Waals surface area contributed by atoms with E-state index in [9.17, 15) is 9.18 Å². The number of benzene rings is 1. The van der Waals surface area contributed by atoms with Crippen molar-refractivity contribution in [3.8, 4) is 11.4 Å². The van der Waals surface area contributed by atoms with Crippen LogP contribution in [0.15, 0.2) is 23.4 Å². The summed E-state index contributed by atoms with van der Waals surface area (Å²) in [5.41, 5.74) is 1.30. The van der Waals surface area contributed by atoms with E-state index in [4.69, 9.17) is 5.11 Å². The van der Waals surface area contributed by atoms with Crippen LogP contribution < -0.4 is 0 Å². The third-order valence-corrected chi connectivity index (χ3v) is 3.67. The summed E-state index contributed by atoms with van der Waals surface area (Å²) in [5, 5.41) is 17.1. The van der Waals surface area contributed by atoms with Crippen molar-refractivity contribution in [3.63, 3.8) is 0 Å². The Bertz CT molecular complexity index is 643. The highest BCUT2D eigenvalue weighted by Gasteiger charge is 2.17. The lowest BCUT2D eigenvalue weighted by Gasteiger charge is -2.08. The molecule has 0 radical (unpaired) electrons. The lowest BCUT2D eigenvalue weighted by atomic mass is 10.1. The molecule has 5 nitrogen and oxygen atoms in total. The van der Waals surface area contributed by atoms with E-state index >= 15 is 0 Å². The first-order valence-electron chi connectivity index (χ1n) is 6.07. The quantitative estimate of drug-likeness (QED) is 0.859. The summed E-state index contributed by atoms with van der Waals surface area (Å²) < 4.78 is 15.6. The number of nitrogens with zero attached hydrogens (tertiary/aromatic N) is 3. The van der Waals surface area contributed by atoms with Crippen LogP contribution in [0.5, 0.6) is 0 Å². The Morgan fingerprint density at radius 2 is 2.20 bits per heavy atom. The maximum absolute atomic E-state index is 13.9. The van der Waals surface area contributed by atoms with Crippen molar-refractivity contribution in [2.45, 2.75) is 25.5 Å². The van der Waals surface area contributed by atoms with Crippen molar-refractivity contribution >= 4 is 17.7 Å². The number of carbonyl (C=O) groups is 1. The first-order chi connectivity index (χ1) is 9.52. The van der Waals surface area contributed by atoms with Gasteiger partial charge in [-0.15, -0.1) is 10.2 Å². The van der Waals surface area contributed by atoms with Crippen LogP contribution in [0.4, 0.5) is 4.39 Å².